The molecule has 0 spiro atoms. The molecule has 0 aromatic heterocycles. The fraction of sp³-hybridized carbons (Fsp3) is 0.857. The Balaban J connectivity index is 4.34. The van der Waals surface area contributed by atoms with Crippen molar-refractivity contribution in [2.75, 3.05) is 19.9 Å². The van der Waals surface area contributed by atoms with E-state index in [1.54, 1.807) is 13.8 Å². The monoisotopic (exact) mass is 210 g/mol. The van der Waals surface area contributed by atoms with Crippen molar-refractivity contribution >= 4 is 13.4 Å². The van der Waals surface area contributed by atoms with Crippen LogP contribution in [0.4, 0.5) is 0 Å². The molecule has 0 aromatic rings. The summed E-state index contributed by atoms with van der Waals surface area (Å²) < 4.78 is 15.3. The van der Waals surface area contributed by atoms with Crippen LogP contribution in [0.1, 0.15) is 13.8 Å². The molecule has 5 nitrogen and oxygen atoms in total. The molecule has 0 saturated carbocycles. The highest BCUT2D eigenvalue weighted by Crippen LogP contribution is 2.36. The molecular weight excluding hydrogens is 195 g/mol. The smallest absolute Gasteiger partial charge is 0.332 e. The van der Waals surface area contributed by atoms with Crippen molar-refractivity contribution in [3.05, 3.63) is 0 Å². The quantitative estimate of drug-likeness (QED) is 0.642. The first-order valence-electron chi connectivity index (χ1n) is 3.76. The van der Waals surface area contributed by atoms with Crippen molar-refractivity contribution in [2.24, 2.45) is 5.41 Å². The Labute approximate surface area is 77.3 Å². The zero-order valence-corrected chi connectivity index (χ0v) is 8.88. The highest BCUT2D eigenvalue weighted by molar-refractivity contribution is 7.52. The Morgan fingerprint density at radius 3 is 2.23 bits per heavy atom. The van der Waals surface area contributed by atoms with Crippen LogP contribution in [-0.4, -0.2) is 35.4 Å². The van der Waals surface area contributed by atoms with Gasteiger partial charge in [-0.2, -0.15) is 0 Å². The molecule has 0 amide bonds. The van der Waals surface area contributed by atoms with E-state index in [9.17, 15) is 9.36 Å². The van der Waals surface area contributed by atoms with Crippen molar-refractivity contribution in [3.63, 3.8) is 0 Å². The average Bonchev–Trinajstić information content (AvgIpc) is 1.82. The molecule has 78 valence electrons. The van der Waals surface area contributed by atoms with E-state index < -0.39 is 25.0 Å². The Hall–Kier alpha value is -0.220. The maximum atomic E-state index is 11.3. The van der Waals surface area contributed by atoms with Gasteiger partial charge in [-0.15, -0.1) is 0 Å². The molecule has 2 N–H and O–H groups in total. The fourth-order valence-electron chi connectivity index (χ4n) is 0.842. The third-order valence-electron chi connectivity index (χ3n) is 1.61. The molecule has 0 radical (unpaired) electrons. The van der Waals surface area contributed by atoms with E-state index in [4.69, 9.17) is 14.5 Å². The predicted molar refractivity (Wildman–Crippen MR) is 47.6 cm³/mol. The predicted octanol–water partition coefficient (Wildman–Crippen LogP) is 0.406. The number of methoxy groups -OCH3 is 1. The van der Waals surface area contributed by atoms with E-state index in [2.05, 4.69) is 0 Å². The standard InChI is InChI=1S/C7H15O5P/c1-7(2,5-12-3)6(8)4-13(9,10)11/h4-5H2,1-3H3,(H2,9,10,11). The summed E-state index contributed by atoms with van der Waals surface area (Å²) in [7, 11) is -2.81. The first-order chi connectivity index (χ1) is 5.69. The van der Waals surface area contributed by atoms with Gasteiger partial charge in [-0.1, -0.05) is 13.8 Å². The first kappa shape index (κ1) is 12.8. The molecule has 0 bridgehead atoms. The second-order valence-corrected chi connectivity index (χ2v) is 5.21. The lowest BCUT2D eigenvalue weighted by molar-refractivity contribution is -0.127. The summed E-state index contributed by atoms with van der Waals surface area (Å²) in [6, 6.07) is 0. The normalized spacial score (nSPS) is 13.0. The molecule has 0 aliphatic rings. The van der Waals surface area contributed by atoms with Crippen LogP contribution in [0.3, 0.4) is 0 Å². The van der Waals surface area contributed by atoms with Gasteiger partial charge in [0.2, 0.25) is 0 Å². The average molecular weight is 210 g/mol. The molecule has 0 unspecified atom stereocenters. The SMILES string of the molecule is COCC(C)(C)C(=O)CP(=O)(O)O. The van der Waals surface area contributed by atoms with E-state index in [0.717, 1.165) is 0 Å². The molecule has 0 aromatic carbocycles. The third kappa shape index (κ3) is 5.16. The van der Waals surface area contributed by atoms with Crippen molar-refractivity contribution in [3.8, 4) is 0 Å². The van der Waals surface area contributed by atoms with Crippen LogP contribution in [0.25, 0.3) is 0 Å². The van der Waals surface area contributed by atoms with Gasteiger partial charge in [-0.05, 0) is 0 Å². The maximum absolute atomic E-state index is 11.3. The lowest BCUT2D eigenvalue weighted by atomic mass is 9.90. The molecule has 0 fully saturated rings. The largest absolute Gasteiger partial charge is 0.384 e. The summed E-state index contributed by atoms with van der Waals surface area (Å²) >= 11 is 0. The van der Waals surface area contributed by atoms with Crippen LogP contribution < -0.4 is 0 Å². The minimum absolute atomic E-state index is 0.159. The van der Waals surface area contributed by atoms with Crippen LogP contribution in [0.15, 0.2) is 0 Å². The molecule has 0 saturated heterocycles. The fourth-order valence-corrected chi connectivity index (χ4v) is 1.64. The summed E-state index contributed by atoms with van der Waals surface area (Å²) in [5, 5.41) is 0. The van der Waals surface area contributed by atoms with E-state index >= 15 is 0 Å². The molecular formula is C7H15O5P. The van der Waals surface area contributed by atoms with Gasteiger partial charge < -0.3 is 14.5 Å². The second-order valence-electron chi connectivity index (χ2n) is 3.56. The van der Waals surface area contributed by atoms with E-state index in [1.165, 1.54) is 7.11 Å². The zero-order chi connectivity index (χ0) is 10.7. The Bertz CT molecular complexity index is 229. The topological polar surface area (TPSA) is 83.8 Å². The summed E-state index contributed by atoms with van der Waals surface area (Å²) in [4.78, 5) is 28.4. The van der Waals surface area contributed by atoms with Crippen LogP contribution in [0.5, 0.6) is 0 Å². The van der Waals surface area contributed by atoms with E-state index in [0.29, 0.717) is 0 Å². The van der Waals surface area contributed by atoms with Crippen molar-refractivity contribution in [1.29, 1.82) is 0 Å². The number of ether oxygens (including phenoxy) is 1. The molecule has 0 aliphatic carbocycles. The van der Waals surface area contributed by atoms with Crippen LogP contribution in [-0.2, 0) is 14.1 Å². The van der Waals surface area contributed by atoms with Gasteiger partial charge in [-0.25, -0.2) is 0 Å². The highest BCUT2D eigenvalue weighted by atomic mass is 31.2. The van der Waals surface area contributed by atoms with Gasteiger partial charge >= 0.3 is 7.60 Å². The van der Waals surface area contributed by atoms with E-state index in [-0.39, 0.29) is 6.61 Å². The Morgan fingerprint density at radius 2 is 1.92 bits per heavy atom. The van der Waals surface area contributed by atoms with Crippen LogP contribution in [0.2, 0.25) is 0 Å². The van der Waals surface area contributed by atoms with Crippen molar-refractivity contribution in [2.45, 2.75) is 13.8 Å². The van der Waals surface area contributed by atoms with Crippen molar-refractivity contribution < 1.29 is 23.9 Å². The minimum atomic E-state index is -4.25. The number of carbonyl (C=O) groups is 1. The number of rotatable bonds is 5. The number of ketones is 1. The van der Waals surface area contributed by atoms with Gasteiger partial charge in [0.05, 0.1) is 6.61 Å². The number of hydrogen-bond acceptors (Lipinski definition) is 3. The second kappa shape index (κ2) is 4.33. The van der Waals surface area contributed by atoms with Crippen molar-refractivity contribution in [1.82, 2.24) is 0 Å². The van der Waals surface area contributed by atoms with Gasteiger partial charge in [0.1, 0.15) is 6.16 Å². The van der Waals surface area contributed by atoms with Crippen LogP contribution in [0, 0.1) is 5.41 Å². The molecule has 6 heteroatoms. The first-order valence-corrected chi connectivity index (χ1v) is 5.55. The van der Waals surface area contributed by atoms with Gasteiger partial charge in [-0.3, -0.25) is 9.36 Å². The summed E-state index contributed by atoms with van der Waals surface area (Å²) in [5.74, 6) is -0.484. The number of hydrogen-bond donors (Lipinski definition) is 2. The van der Waals surface area contributed by atoms with Gasteiger partial charge in [0.25, 0.3) is 0 Å². The maximum Gasteiger partial charge on any atom is 0.332 e. The lowest BCUT2D eigenvalue weighted by Crippen LogP contribution is -2.31. The molecule has 0 heterocycles. The number of carbonyl (C=O) groups excluding carboxylic acids is 1. The molecule has 0 rings (SSSR count). The minimum Gasteiger partial charge on any atom is -0.384 e. The van der Waals surface area contributed by atoms with Gasteiger partial charge in [0.15, 0.2) is 5.78 Å². The summed E-state index contributed by atoms with van der Waals surface area (Å²) in [5.41, 5.74) is -0.837. The lowest BCUT2D eigenvalue weighted by Gasteiger charge is -2.21. The summed E-state index contributed by atoms with van der Waals surface area (Å²) in [6.07, 6.45) is -0.719. The molecule has 13 heavy (non-hydrogen) atoms. The highest BCUT2D eigenvalue weighted by Gasteiger charge is 2.32. The van der Waals surface area contributed by atoms with Gasteiger partial charge in [0, 0.05) is 12.5 Å². The molecule has 0 aliphatic heterocycles. The molecule has 0 atom stereocenters. The third-order valence-corrected chi connectivity index (χ3v) is 2.31. The Kier molecular flexibility index (Phi) is 4.26. The number of Topliss-reactive ketones (excluding diaryl/α,β-unsaturated/α-hetero) is 1. The Morgan fingerprint density at radius 1 is 1.46 bits per heavy atom. The van der Waals surface area contributed by atoms with Crippen LogP contribution >= 0.6 is 7.60 Å². The van der Waals surface area contributed by atoms with E-state index in [1.807, 2.05) is 0 Å². The zero-order valence-electron chi connectivity index (χ0n) is 7.98. The summed E-state index contributed by atoms with van der Waals surface area (Å²) in [6.45, 7) is 3.34.